The molecule has 0 bridgehead atoms. The van der Waals surface area contributed by atoms with Crippen molar-refractivity contribution in [3.8, 4) is 0 Å². The zero-order valence-electron chi connectivity index (χ0n) is 20.6. The number of carbonyl (C=O) groups excluding carboxylic acids is 1. The Kier molecular flexibility index (Phi) is 10.8. The minimum atomic E-state index is -5.08. The average molecular weight is 660 g/mol. The quantitative estimate of drug-likeness (QED) is 0.145. The van der Waals surface area contributed by atoms with Gasteiger partial charge in [0, 0.05) is 18.9 Å². The molecule has 2 aromatic rings. The Morgan fingerprint density at radius 1 is 0.950 bits per heavy atom. The van der Waals surface area contributed by atoms with Crippen LogP contribution in [0, 0.1) is 5.92 Å². The number of hydrogen-bond acceptors (Lipinski definition) is 3. The summed E-state index contributed by atoms with van der Waals surface area (Å²) in [4.78, 5) is 12.6. The van der Waals surface area contributed by atoms with Crippen LogP contribution in [0.15, 0.2) is 36.4 Å². The lowest BCUT2D eigenvalue weighted by atomic mass is 9.91. The van der Waals surface area contributed by atoms with Gasteiger partial charge in [0.05, 0.1) is 32.3 Å². The summed E-state index contributed by atoms with van der Waals surface area (Å²) in [5.41, 5.74) is -2.55. The maximum Gasteiger partial charge on any atom is 0.417 e. The van der Waals surface area contributed by atoms with Gasteiger partial charge in [0.25, 0.3) is 5.92 Å². The van der Waals surface area contributed by atoms with E-state index in [2.05, 4.69) is 0 Å². The summed E-state index contributed by atoms with van der Waals surface area (Å²) in [7, 11) is -4.66. The molecule has 0 aliphatic carbocycles. The Balaban J connectivity index is 2.39. The van der Waals surface area contributed by atoms with Gasteiger partial charge in [-0.3, -0.25) is 4.79 Å². The van der Waals surface area contributed by atoms with Crippen LogP contribution in [-0.4, -0.2) is 37.8 Å². The first-order valence-electron chi connectivity index (χ1n) is 11.2. The van der Waals surface area contributed by atoms with Gasteiger partial charge < -0.3 is 0 Å². The molecule has 1 unspecified atom stereocenters. The number of allylic oxidation sites excluding steroid dienone is 1. The minimum Gasteiger partial charge on any atom is -0.294 e. The van der Waals surface area contributed by atoms with Gasteiger partial charge in [-0.2, -0.15) is 26.3 Å². The van der Waals surface area contributed by atoms with Gasteiger partial charge in [-0.15, -0.1) is 0 Å². The maximum absolute atomic E-state index is 14.4. The third kappa shape index (κ3) is 9.88. The zero-order chi connectivity index (χ0) is 30.8. The number of halogens is 11. The summed E-state index contributed by atoms with van der Waals surface area (Å²) in [6.45, 7) is 1.70. The number of hydrogen-bond donors (Lipinski definition) is 0. The first-order chi connectivity index (χ1) is 18.0. The lowest BCUT2D eigenvalue weighted by molar-refractivity contribution is -0.138. The highest BCUT2D eigenvalue weighted by Crippen LogP contribution is 2.40. The predicted molar refractivity (Wildman–Crippen MR) is 138 cm³/mol. The normalized spacial score (nSPS) is 14.9. The topological polar surface area (TPSA) is 51.2 Å². The van der Waals surface area contributed by atoms with Crippen LogP contribution in [0.4, 0.5) is 35.1 Å². The van der Waals surface area contributed by atoms with Crippen LogP contribution in [0.5, 0.6) is 0 Å². The van der Waals surface area contributed by atoms with Crippen molar-refractivity contribution in [1.82, 2.24) is 0 Å². The third-order valence-corrected chi connectivity index (χ3v) is 8.54. The number of alkyl halides is 8. The van der Waals surface area contributed by atoms with Crippen molar-refractivity contribution in [1.29, 1.82) is 0 Å². The number of Topliss-reactive ketones (excluding diaryl/α,β-unsaturated/α-hetero) is 1. The summed E-state index contributed by atoms with van der Waals surface area (Å²) in [6, 6.07) is 4.66. The monoisotopic (exact) mass is 658 g/mol. The Labute approximate surface area is 240 Å². The summed E-state index contributed by atoms with van der Waals surface area (Å²) < 4.78 is 131. The highest BCUT2D eigenvalue weighted by atomic mass is 35.5. The third-order valence-electron chi connectivity index (χ3n) is 5.50. The van der Waals surface area contributed by atoms with Crippen molar-refractivity contribution in [3.63, 3.8) is 0 Å². The van der Waals surface area contributed by atoms with E-state index in [0.717, 1.165) is 43.3 Å². The number of carbonyl (C=O) groups is 1. The first kappa shape index (κ1) is 34.3. The SMILES string of the molecule is C[C@@H](CC(=O)c1ccc(/C=C/C(c2cc(Cl)c(Cl)c(Cl)c2)C(C)(F)F)cc1C(F)(F)F)CS(=O)(=O)CC(F)(F)F. The van der Waals surface area contributed by atoms with Crippen molar-refractivity contribution in [2.75, 3.05) is 11.5 Å². The van der Waals surface area contributed by atoms with Gasteiger partial charge in [0.2, 0.25) is 0 Å². The second kappa shape index (κ2) is 12.5. The smallest absolute Gasteiger partial charge is 0.294 e. The van der Waals surface area contributed by atoms with E-state index in [1.807, 2.05) is 0 Å². The van der Waals surface area contributed by atoms with Crippen LogP contribution >= 0.6 is 34.8 Å². The van der Waals surface area contributed by atoms with Gasteiger partial charge in [-0.05, 0) is 35.2 Å². The fourth-order valence-corrected chi connectivity index (χ4v) is 6.12. The molecule has 0 aliphatic heterocycles. The molecule has 0 heterocycles. The van der Waals surface area contributed by atoms with Gasteiger partial charge in [-0.1, -0.05) is 66.0 Å². The molecule has 0 fully saturated rings. The van der Waals surface area contributed by atoms with E-state index in [1.54, 1.807) is 0 Å². The summed E-state index contributed by atoms with van der Waals surface area (Å²) >= 11 is 17.7. The molecule has 2 atom stereocenters. The fourth-order valence-electron chi connectivity index (χ4n) is 3.91. The van der Waals surface area contributed by atoms with Crippen molar-refractivity contribution >= 4 is 56.5 Å². The second-order valence-electron chi connectivity index (χ2n) is 9.30. The summed E-state index contributed by atoms with van der Waals surface area (Å²) in [5, 5.41) is -0.305. The van der Waals surface area contributed by atoms with Crippen LogP contribution in [0.1, 0.15) is 53.2 Å². The van der Waals surface area contributed by atoms with Crippen molar-refractivity contribution < 1.29 is 48.3 Å². The van der Waals surface area contributed by atoms with Crippen LogP contribution in [0.3, 0.4) is 0 Å². The highest BCUT2D eigenvalue weighted by molar-refractivity contribution is 7.91. The number of sulfone groups is 1. The van der Waals surface area contributed by atoms with E-state index < -0.39 is 74.8 Å². The van der Waals surface area contributed by atoms with Crippen LogP contribution < -0.4 is 0 Å². The van der Waals surface area contributed by atoms with Crippen LogP contribution in [0.25, 0.3) is 6.08 Å². The largest absolute Gasteiger partial charge is 0.417 e. The van der Waals surface area contributed by atoms with E-state index in [-0.39, 0.29) is 26.2 Å². The number of rotatable bonds is 10. The Morgan fingerprint density at radius 2 is 1.50 bits per heavy atom. The molecule has 2 rings (SSSR count). The molecule has 2 aromatic carbocycles. The zero-order valence-corrected chi connectivity index (χ0v) is 23.7. The van der Waals surface area contributed by atoms with E-state index >= 15 is 0 Å². The van der Waals surface area contributed by atoms with E-state index in [1.165, 1.54) is 0 Å². The molecule has 0 aromatic heterocycles. The van der Waals surface area contributed by atoms with E-state index in [4.69, 9.17) is 34.8 Å². The molecule has 0 radical (unpaired) electrons. The molecule has 222 valence electrons. The fraction of sp³-hybridized carbons (Fsp3) is 0.400. The molecule has 0 saturated carbocycles. The lowest BCUT2D eigenvalue weighted by Gasteiger charge is -2.22. The van der Waals surface area contributed by atoms with Gasteiger partial charge in [0.15, 0.2) is 15.6 Å². The number of benzene rings is 2. The molecule has 3 nitrogen and oxygen atoms in total. The Bertz CT molecular complexity index is 1360. The molecule has 0 spiro atoms. The van der Waals surface area contributed by atoms with Crippen LogP contribution in [-0.2, 0) is 16.0 Å². The van der Waals surface area contributed by atoms with Gasteiger partial charge in [-0.25, -0.2) is 17.2 Å². The number of ketones is 1. The van der Waals surface area contributed by atoms with E-state index in [0.29, 0.717) is 13.0 Å². The van der Waals surface area contributed by atoms with Crippen molar-refractivity contribution in [2.24, 2.45) is 5.92 Å². The molecule has 15 heteroatoms. The van der Waals surface area contributed by atoms with Gasteiger partial charge >= 0.3 is 12.4 Å². The lowest BCUT2D eigenvalue weighted by Crippen LogP contribution is -2.28. The molecular weight excluding hydrogens is 639 g/mol. The molecular formula is C25H21Cl3F8O3S. The molecule has 0 amide bonds. The Morgan fingerprint density at radius 3 is 1.98 bits per heavy atom. The summed E-state index contributed by atoms with van der Waals surface area (Å²) in [6.07, 6.45) is -8.96. The molecule has 40 heavy (non-hydrogen) atoms. The first-order valence-corrected chi connectivity index (χ1v) is 14.2. The Hall–Kier alpha value is -1.89. The molecule has 0 N–H and O–H groups in total. The predicted octanol–water partition coefficient (Wildman–Crippen LogP) is 9.30. The average Bonchev–Trinajstić information content (AvgIpc) is 2.73. The van der Waals surface area contributed by atoms with Gasteiger partial charge in [0.1, 0.15) is 5.75 Å². The standard InChI is InChI=1S/C25H21Cl3F8O3S/c1-13(11-40(38,39)12-24(31,32)33)7-21(37)16-5-3-14(8-18(16)25(34,35)36)4-6-17(23(2,29)30)15-9-19(26)22(28)20(27)10-15/h3-6,8-10,13,17H,7,11-12H2,1-2H3/b6-4+/t13-,17?/m0/s1. The highest BCUT2D eigenvalue weighted by Gasteiger charge is 2.38. The van der Waals surface area contributed by atoms with Crippen molar-refractivity contribution in [2.45, 2.75) is 44.5 Å². The minimum absolute atomic E-state index is 0.0690. The van der Waals surface area contributed by atoms with Crippen molar-refractivity contribution in [3.05, 3.63) is 73.7 Å². The molecule has 0 aliphatic rings. The maximum atomic E-state index is 14.4. The van der Waals surface area contributed by atoms with E-state index in [9.17, 15) is 48.3 Å². The second-order valence-corrected chi connectivity index (χ2v) is 12.6. The molecule has 0 saturated heterocycles. The summed E-state index contributed by atoms with van der Waals surface area (Å²) in [5.74, 6) is -10.7. The van der Waals surface area contributed by atoms with Crippen LogP contribution in [0.2, 0.25) is 15.1 Å².